The molecule has 0 bridgehead atoms. The van der Waals surface area contributed by atoms with Gasteiger partial charge in [-0.25, -0.2) is 9.18 Å². The van der Waals surface area contributed by atoms with E-state index in [9.17, 15) is 40.3 Å². The van der Waals surface area contributed by atoms with Crippen molar-refractivity contribution in [3.8, 4) is 0 Å². The average molecular weight is 584 g/mol. The topological polar surface area (TPSA) is 76.7 Å². The lowest BCUT2D eigenvalue weighted by atomic mass is 10.1. The number of halogens is 7. The van der Waals surface area contributed by atoms with Crippen molar-refractivity contribution in [3.63, 3.8) is 0 Å². The van der Waals surface area contributed by atoms with Crippen LogP contribution in [0.1, 0.15) is 21.5 Å². The van der Waals surface area contributed by atoms with E-state index in [1.54, 1.807) is 4.90 Å². The highest BCUT2D eigenvalue weighted by Gasteiger charge is 2.35. The Morgan fingerprint density at radius 1 is 0.756 bits per heavy atom. The molecule has 1 aliphatic heterocycles. The zero-order valence-electron chi connectivity index (χ0n) is 21.5. The van der Waals surface area contributed by atoms with Gasteiger partial charge in [-0.05, 0) is 55.6 Å². The lowest BCUT2D eigenvalue weighted by molar-refractivity contribution is -0.138. The molecule has 0 saturated carbocycles. The number of piperazine rings is 1. The molecule has 0 spiro atoms. The molecular formula is C27H24F7N5O2. The van der Waals surface area contributed by atoms with E-state index < -0.39 is 52.5 Å². The number of urea groups is 1. The quantitative estimate of drug-likeness (QED) is 0.300. The number of alkyl halides is 6. The van der Waals surface area contributed by atoms with Gasteiger partial charge >= 0.3 is 18.4 Å². The number of hydrogen-bond donors (Lipinski definition) is 3. The fourth-order valence-corrected chi connectivity index (χ4v) is 4.19. The third kappa shape index (κ3) is 7.45. The smallest absolute Gasteiger partial charge is 0.369 e. The van der Waals surface area contributed by atoms with Crippen molar-refractivity contribution in [2.24, 2.45) is 0 Å². The molecule has 14 heteroatoms. The van der Waals surface area contributed by atoms with Gasteiger partial charge in [0, 0.05) is 43.2 Å². The van der Waals surface area contributed by atoms with Gasteiger partial charge in [0.05, 0.1) is 22.4 Å². The van der Waals surface area contributed by atoms with Crippen molar-refractivity contribution in [2.75, 3.05) is 54.1 Å². The molecule has 3 N–H and O–H groups in total. The summed E-state index contributed by atoms with van der Waals surface area (Å²) in [7, 11) is 1.88. The van der Waals surface area contributed by atoms with Crippen molar-refractivity contribution in [1.82, 2.24) is 4.90 Å². The summed E-state index contributed by atoms with van der Waals surface area (Å²) in [5.74, 6) is -2.05. The minimum Gasteiger partial charge on any atom is -0.369 e. The first kappa shape index (κ1) is 29.6. The first-order chi connectivity index (χ1) is 19.2. The number of hydrogen-bond acceptors (Lipinski definition) is 4. The van der Waals surface area contributed by atoms with Crippen LogP contribution in [0, 0.1) is 5.82 Å². The molecule has 0 unspecified atom stereocenters. The minimum absolute atomic E-state index is 0.212. The second-order valence-electron chi connectivity index (χ2n) is 9.33. The molecule has 1 saturated heterocycles. The fraction of sp³-hybridized carbons (Fsp3) is 0.259. The summed E-state index contributed by atoms with van der Waals surface area (Å²) in [5.41, 5.74) is -3.83. The van der Waals surface area contributed by atoms with Crippen molar-refractivity contribution >= 4 is 34.7 Å². The SMILES string of the molecule is CN1CCN(c2cc(NC(=O)Nc3ccc(NC(=O)c4ccccc4F)c(C(F)(F)F)c3)cc(C(F)(F)F)c2)CC1. The van der Waals surface area contributed by atoms with Gasteiger partial charge in [0.1, 0.15) is 5.82 Å². The molecular weight excluding hydrogens is 559 g/mol. The average Bonchev–Trinajstić information content (AvgIpc) is 2.89. The first-order valence-electron chi connectivity index (χ1n) is 12.2. The number of nitrogens with zero attached hydrogens (tertiary/aromatic N) is 2. The molecule has 1 fully saturated rings. The maximum absolute atomic E-state index is 13.9. The van der Waals surface area contributed by atoms with E-state index in [0.29, 0.717) is 32.2 Å². The Bertz CT molecular complexity index is 1430. The summed E-state index contributed by atoms with van der Waals surface area (Å²) in [4.78, 5) is 28.7. The molecule has 1 heterocycles. The van der Waals surface area contributed by atoms with Gasteiger partial charge in [0.15, 0.2) is 0 Å². The van der Waals surface area contributed by atoms with Crippen LogP contribution in [-0.2, 0) is 12.4 Å². The molecule has 0 atom stereocenters. The number of amides is 3. The van der Waals surface area contributed by atoms with Crippen LogP contribution in [-0.4, -0.2) is 50.1 Å². The van der Waals surface area contributed by atoms with Crippen LogP contribution < -0.4 is 20.9 Å². The Kier molecular flexibility index (Phi) is 8.42. The van der Waals surface area contributed by atoms with E-state index in [0.717, 1.165) is 36.4 Å². The van der Waals surface area contributed by atoms with E-state index in [1.807, 2.05) is 17.3 Å². The van der Waals surface area contributed by atoms with E-state index in [-0.39, 0.29) is 17.1 Å². The third-order valence-electron chi connectivity index (χ3n) is 6.32. The van der Waals surface area contributed by atoms with Crippen LogP contribution in [0.2, 0.25) is 0 Å². The summed E-state index contributed by atoms with van der Waals surface area (Å²) >= 11 is 0. The number of rotatable bonds is 5. The maximum atomic E-state index is 13.9. The molecule has 1 aliphatic rings. The molecule has 0 radical (unpaired) electrons. The number of anilines is 4. The van der Waals surface area contributed by atoms with Gasteiger partial charge in [-0.1, -0.05) is 12.1 Å². The fourth-order valence-electron chi connectivity index (χ4n) is 4.19. The molecule has 0 aromatic heterocycles. The van der Waals surface area contributed by atoms with Crippen molar-refractivity contribution in [3.05, 3.63) is 83.2 Å². The predicted molar refractivity (Wildman–Crippen MR) is 140 cm³/mol. The summed E-state index contributed by atoms with van der Waals surface area (Å²) in [6.45, 7) is 2.17. The normalized spacial score (nSPS) is 14.5. The number of benzene rings is 3. The largest absolute Gasteiger partial charge is 0.418 e. The summed E-state index contributed by atoms with van der Waals surface area (Å²) in [6, 6.07) is 9.13. The van der Waals surface area contributed by atoms with Crippen LogP contribution in [0.15, 0.2) is 60.7 Å². The second-order valence-corrected chi connectivity index (χ2v) is 9.33. The number of likely N-dealkylation sites (N-methyl/N-ethyl adjacent to an activating group) is 1. The summed E-state index contributed by atoms with van der Waals surface area (Å²) in [6.07, 6.45) is -9.69. The van der Waals surface area contributed by atoms with Gasteiger partial charge in [-0.2, -0.15) is 26.3 Å². The molecule has 7 nitrogen and oxygen atoms in total. The van der Waals surface area contributed by atoms with Crippen LogP contribution >= 0.6 is 0 Å². The van der Waals surface area contributed by atoms with Gasteiger partial charge in [0.25, 0.3) is 5.91 Å². The zero-order chi connectivity index (χ0) is 29.9. The van der Waals surface area contributed by atoms with Crippen molar-refractivity contribution in [1.29, 1.82) is 0 Å². The van der Waals surface area contributed by atoms with E-state index >= 15 is 0 Å². The van der Waals surface area contributed by atoms with Gasteiger partial charge in [-0.3, -0.25) is 4.79 Å². The number of carbonyl (C=O) groups is 2. The molecule has 4 rings (SSSR count). The predicted octanol–water partition coefficient (Wildman–Crippen LogP) is 6.51. The maximum Gasteiger partial charge on any atom is 0.418 e. The Labute approximate surface area is 229 Å². The standard InChI is InChI=1S/C27H24F7N5O2/c1-38-8-10-39(11-9-38)19-13-16(26(29,30)31)12-18(14-19)36-25(41)35-17-6-7-23(21(15-17)27(32,33)34)37-24(40)20-4-2-3-5-22(20)28/h2-7,12-15H,8-11H2,1H3,(H,37,40)(H2,35,36,41). The van der Waals surface area contributed by atoms with Crippen LogP contribution in [0.4, 0.5) is 58.3 Å². The Morgan fingerprint density at radius 3 is 2.05 bits per heavy atom. The van der Waals surface area contributed by atoms with Gasteiger partial charge in [0.2, 0.25) is 0 Å². The highest BCUT2D eigenvalue weighted by atomic mass is 19.4. The monoisotopic (exact) mass is 583 g/mol. The summed E-state index contributed by atoms with van der Waals surface area (Å²) < 4.78 is 95.9. The van der Waals surface area contributed by atoms with E-state index in [4.69, 9.17) is 0 Å². The summed E-state index contributed by atoms with van der Waals surface area (Å²) in [5, 5.41) is 6.42. The molecule has 3 amide bonds. The van der Waals surface area contributed by atoms with Crippen molar-refractivity contribution < 1.29 is 40.3 Å². The Hall–Kier alpha value is -4.33. The second kappa shape index (κ2) is 11.6. The Balaban J connectivity index is 1.54. The molecule has 3 aromatic rings. The highest BCUT2D eigenvalue weighted by Crippen LogP contribution is 2.37. The highest BCUT2D eigenvalue weighted by molar-refractivity contribution is 6.05. The first-order valence-corrected chi connectivity index (χ1v) is 12.2. The van der Waals surface area contributed by atoms with Crippen LogP contribution in [0.5, 0.6) is 0 Å². The molecule has 218 valence electrons. The third-order valence-corrected chi connectivity index (χ3v) is 6.32. The van der Waals surface area contributed by atoms with E-state index in [1.165, 1.54) is 18.2 Å². The van der Waals surface area contributed by atoms with Gasteiger partial charge < -0.3 is 25.8 Å². The Morgan fingerprint density at radius 2 is 1.41 bits per heavy atom. The van der Waals surface area contributed by atoms with E-state index in [2.05, 4.69) is 10.6 Å². The lowest BCUT2D eigenvalue weighted by Crippen LogP contribution is -2.44. The number of nitrogens with one attached hydrogen (secondary N) is 3. The van der Waals surface area contributed by atoms with Crippen molar-refractivity contribution in [2.45, 2.75) is 12.4 Å². The van der Waals surface area contributed by atoms with Gasteiger partial charge in [-0.15, -0.1) is 0 Å². The molecule has 41 heavy (non-hydrogen) atoms. The molecule has 0 aliphatic carbocycles. The minimum atomic E-state index is -4.98. The van der Waals surface area contributed by atoms with Crippen LogP contribution in [0.25, 0.3) is 0 Å². The van der Waals surface area contributed by atoms with Crippen LogP contribution in [0.3, 0.4) is 0 Å². The molecule has 3 aromatic carbocycles. The number of carbonyl (C=O) groups excluding carboxylic acids is 2. The zero-order valence-corrected chi connectivity index (χ0v) is 21.5. The lowest BCUT2D eigenvalue weighted by Gasteiger charge is -2.34.